The molecule has 3 heterocycles. The zero-order valence-electron chi connectivity index (χ0n) is 18.3. The molecule has 1 saturated carbocycles. The number of benzene rings is 2. The quantitative estimate of drug-likeness (QED) is 0.401. The summed E-state index contributed by atoms with van der Waals surface area (Å²) in [4.78, 5) is 24.1. The van der Waals surface area contributed by atoms with Crippen molar-refractivity contribution in [3.63, 3.8) is 0 Å². The van der Waals surface area contributed by atoms with Gasteiger partial charge in [0.1, 0.15) is 17.8 Å². The van der Waals surface area contributed by atoms with E-state index >= 15 is 0 Å². The molecule has 8 nitrogen and oxygen atoms in total. The van der Waals surface area contributed by atoms with Crippen LogP contribution in [0.5, 0.6) is 0 Å². The molecule has 1 aliphatic rings. The van der Waals surface area contributed by atoms with Gasteiger partial charge in [-0.05, 0) is 56.0 Å². The molecule has 0 radical (unpaired) electrons. The summed E-state index contributed by atoms with van der Waals surface area (Å²) < 4.78 is 3.93. The summed E-state index contributed by atoms with van der Waals surface area (Å²) in [5.41, 5.74) is 3.30. The molecule has 1 N–H and O–H groups in total. The van der Waals surface area contributed by atoms with Crippen molar-refractivity contribution in [3.05, 3.63) is 88.5 Å². The third kappa shape index (κ3) is 3.51. The van der Waals surface area contributed by atoms with Crippen molar-refractivity contribution >= 4 is 22.6 Å². The molecule has 0 atom stereocenters. The van der Waals surface area contributed by atoms with E-state index < -0.39 is 0 Å². The Labute approximate surface area is 200 Å². The highest BCUT2D eigenvalue weighted by molar-refractivity contribution is 6.32. The van der Waals surface area contributed by atoms with Gasteiger partial charge >= 0.3 is 5.69 Å². The predicted molar refractivity (Wildman–Crippen MR) is 130 cm³/mol. The Morgan fingerprint density at radius 2 is 1.74 bits per heavy atom. The first kappa shape index (κ1) is 20.8. The average Bonchev–Trinajstić information content (AvgIpc) is 3.46. The van der Waals surface area contributed by atoms with Gasteiger partial charge in [0.2, 0.25) is 0 Å². The van der Waals surface area contributed by atoms with Crippen LogP contribution in [0.15, 0.2) is 71.9 Å². The van der Waals surface area contributed by atoms with Crippen LogP contribution in [0.2, 0.25) is 5.02 Å². The van der Waals surface area contributed by atoms with Crippen molar-refractivity contribution in [2.45, 2.75) is 37.6 Å². The van der Waals surface area contributed by atoms with Gasteiger partial charge in [-0.1, -0.05) is 35.9 Å². The van der Waals surface area contributed by atoms with Crippen LogP contribution in [0.4, 0.5) is 0 Å². The number of H-pyrrole nitrogens is 1. The number of hydrogen-bond acceptors (Lipinski definition) is 5. The summed E-state index contributed by atoms with van der Waals surface area (Å²) in [6.07, 6.45) is 6.74. The van der Waals surface area contributed by atoms with E-state index in [1.165, 1.54) is 6.33 Å². The fourth-order valence-electron chi connectivity index (χ4n) is 5.05. The lowest BCUT2D eigenvalue weighted by Gasteiger charge is -2.29. The number of rotatable bonds is 4. The molecule has 2 aromatic carbocycles. The van der Waals surface area contributed by atoms with Gasteiger partial charge in [-0.15, -0.1) is 10.2 Å². The monoisotopic (exact) mass is 471 g/mol. The maximum Gasteiger partial charge on any atom is 0.326 e. The Morgan fingerprint density at radius 3 is 2.53 bits per heavy atom. The highest BCUT2D eigenvalue weighted by atomic mass is 35.5. The van der Waals surface area contributed by atoms with Gasteiger partial charge in [-0.2, -0.15) is 0 Å². The van der Waals surface area contributed by atoms with Crippen LogP contribution in [0.1, 0.15) is 43.5 Å². The third-order valence-corrected chi connectivity index (χ3v) is 6.96. The van der Waals surface area contributed by atoms with Crippen molar-refractivity contribution in [1.29, 1.82) is 0 Å². The molecular weight excluding hydrogens is 450 g/mol. The summed E-state index contributed by atoms with van der Waals surface area (Å²) >= 11 is 6.60. The third-order valence-electron chi connectivity index (χ3n) is 6.64. The number of para-hydroxylation sites is 3. The van der Waals surface area contributed by atoms with Crippen LogP contribution in [0.25, 0.3) is 28.2 Å². The van der Waals surface area contributed by atoms with Crippen LogP contribution in [-0.2, 0) is 0 Å². The standard InChI is InChI=1S/C25H22ClN7O/c26-18-5-1-3-7-21(18)33-23(30-31-24(33)20-13-14-27-15-28-20)16-9-11-17(12-10-16)32-22-8-4-2-6-19(22)29-25(32)34/h1-8,13-17H,9-12H2,(H,29,34). The lowest BCUT2D eigenvalue weighted by atomic mass is 9.85. The highest BCUT2D eigenvalue weighted by Crippen LogP contribution is 2.40. The Balaban J connectivity index is 1.35. The molecule has 170 valence electrons. The first-order valence-electron chi connectivity index (χ1n) is 11.4. The summed E-state index contributed by atoms with van der Waals surface area (Å²) in [6, 6.07) is 17.5. The average molecular weight is 472 g/mol. The molecule has 1 fully saturated rings. The summed E-state index contributed by atoms with van der Waals surface area (Å²) in [5.74, 6) is 1.70. The van der Waals surface area contributed by atoms with Crippen molar-refractivity contribution in [1.82, 2.24) is 34.3 Å². The van der Waals surface area contributed by atoms with Crippen LogP contribution in [0.3, 0.4) is 0 Å². The number of aromatic nitrogens is 7. The van der Waals surface area contributed by atoms with Crippen molar-refractivity contribution in [2.24, 2.45) is 0 Å². The normalized spacial score (nSPS) is 18.4. The van der Waals surface area contributed by atoms with E-state index in [0.717, 1.165) is 48.2 Å². The molecule has 0 saturated heterocycles. The van der Waals surface area contributed by atoms with Crippen molar-refractivity contribution < 1.29 is 0 Å². The van der Waals surface area contributed by atoms with Crippen LogP contribution >= 0.6 is 11.6 Å². The number of nitrogens with zero attached hydrogens (tertiary/aromatic N) is 6. The minimum absolute atomic E-state index is 0.0464. The van der Waals surface area contributed by atoms with E-state index in [-0.39, 0.29) is 17.6 Å². The minimum atomic E-state index is -0.0464. The smallest absolute Gasteiger partial charge is 0.306 e. The van der Waals surface area contributed by atoms with E-state index in [9.17, 15) is 4.79 Å². The fourth-order valence-corrected chi connectivity index (χ4v) is 5.27. The van der Waals surface area contributed by atoms with Crippen LogP contribution in [0, 0.1) is 0 Å². The largest absolute Gasteiger partial charge is 0.326 e. The molecular formula is C25H22ClN7O. The number of hydrogen-bond donors (Lipinski definition) is 1. The predicted octanol–water partition coefficient (Wildman–Crippen LogP) is 4.92. The van der Waals surface area contributed by atoms with E-state index in [2.05, 4.69) is 25.1 Å². The van der Waals surface area contributed by atoms with Crippen molar-refractivity contribution in [3.8, 4) is 17.2 Å². The molecule has 34 heavy (non-hydrogen) atoms. The molecule has 0 bridgehead atoms. The van der Waals surface area contributed by atoms with Gasteiger partial charge in [0.05, 0.1) is 21.7 Å². The molecule has 3 aromatic heterocycles. The second kappa shape index (κ2) is 8.53. The van der Waals surface area contributed by atoms with Gasteiger partial charge in [0.25, 0.3) is 0 Å². The zero-order valence-corrected chi connectivity index (χ0v) is 19.1. The Bertz CT molecular complexity index is 1510. The first-order chi connectivity index (χ1) is 16.7. The van der Waals surface area contributed by atoms with Gasteiger partial charge in [0.15, 0.2) is 5.82 Å². The maximum absolute atomic E-state index is 12.7. The van der Waals surface area contributed by atoms with Crippen LogP contribution < -0.4 is 5.69 Å². The molecule has 1 aliphatic carbocycles. The summed E-state index contributed by atoms with van der Waals surface area (Å²) in [7, 11) is 0. The first-order valence-corrected chi connectivity index (χ1v) is 11.7. The Kier molecular flexibility index (Phi) is 5.22. The molecule has 5 aromatic rings. The number of nitrogens with one attached hydrogen (secondary N) is 1. The Hall–Kier alpha value is -3.78. The molecule has 0 amide bonds. The highest BCUT2D eigenvalue weighted by Gasteiger charge is 2.30. The molecule has 6 rings (SSSR count). The van der Waals surface area contributed by atoms with E-state index in [4.69, 9.17) is 11.6 Å². The topological polar surface area (TPSA) is 94.3 Å². The van der Waals surface area contributed by atoms with Crippen molar-refractivity contribution in [2.75, 3.05) is 0 Å². The zero-order chi connectivity index (χ0) is 23.1. The van der Waals surface area contributed by atoms with Gasteiger partial charge in [-0.3, -0.25) is 9.13 Å². The minimum Gasteiger partial charge on any atom is -0.306 e. The fraction of sp³-hybridized carbons (Fsp3) is 0.240. The number of imidazole rings is 1. The second-order valence-electron chi connectivity index (χ2n) is 8.59. The second-order valence-corrected chi connectivity index (χ2v) is 8.99. The molecule has 0 aliphatic heterocycles. The number of halogens is 1. The van der Waals surface area contributed by atoms with Gasteiger partial charge in [0, 0.05) is 18.2 Å². The number of aromatic amines is 1. The van der Waals surface area contributed by atoms with Crippen LogP contribution in [-0.4, -0.2) is 34.3 Å². The SMILES string of the molecule is O=c1[nH]c2ccccc2n1C1CCC(c2nnc(-c3ccncn3)n2-c2ccccc2Cl)CC1. The summed E-state index contributed by atoms with van der Waals surface area (Å²) in [5, 5.41) is 9.74. The van der Waals surface area contributed by atoms with E-state index in [1.807, 2.05) is 63.7 Å². The molecule has 0 spiro atoms. The van der Waals surface area contributed by atoms with E-state index in [1.54, 1.807) is 6.20 Å². The Morgan fingerprint density at radius 1 is 0.941 bits per heavy atom. The molecule has 0 unspecified atom stereocenters. The van der Waals surface area contributed by atoms with Gasteiger partial charge < -0.3 is 4.98 Å². The summed E-state index contributed by atoms with van der Waals surface area (Å²) in [6.45, 7) is 0. The maximum atomic E-state index is 12.7. The lowest BCUT2D eigenvalue weighted by molar-refractivity contribution is 0.315. The molecule has 9 heteroatoms. The van der Waals surface area contributed by atoms with E-state index in [0.29, 0.717) is 16.5 Å². The lowest BCUT2D eigenvalue weighted by Crippen LogP contribution is -2.26. The van der Waals surface area contributed by atoms with Gasteiger partial charge in [-0.25, -0.2) is 14.8 Å². The number of fused-ring (bicyclic) bond motifs is 1.